The van der Waals surface area contributed by atoms with Gasteiger partial charge in [-0.25, -0.2) is 0 Å². The number of aliphatic hydroxyl groups excluding tert-OH is 1. The quantitative estimate of drug-likeness (QED) is 0.515. The monoisotopic (exact) mass is 184 g/mol. The molecule has 70 valence electrons. The molecule has 0 aliphatic rings. The van der Waals surface area contributed by atoms with Gasteiger partial charge in [-0.1, -0.05) is 33.5 Å². The van der Waals surface area contributed by atoms with Crippen molar-refractivity contribution in [3.8, 4) is 11.5 Å². The molecule has 12 heavy (non-hydrogen) atoms. The minimum atomic E-state index is -1.23. The maximum Gasteiger partial charge on any atom is 0.129 e. The molecule has 0 bridgehead atoms. The standard InChI is InChI=1S/C10H20OSi/c1-9(2)10(11)7-6-8-12(3,4)5/h9-11H,7H2,1-5H3/t10-/m1/s1. The molecule has 0 saturated carbocycles. The first-order valence-corrected chi connectivity index (χ1v) is 8.01. The van der Waals surface area contributed by atoms with E-state index in [-0.39, 0.29) is 6.10 Å². The summed E-state index contributed by atoms with van der Waals surface area (Å²) in [4.78, 5) is 0. The average molecular weight is 184 g/mol. The van der Waals surface area contributed by atoms with Crippen LogP contribution in [-0.2, 0) is 0 Å². The molecule has 2 heteroatoms. The van der Waals surface area contributed by atoms with Crippen LogP contribution < -0.4 is 0 Å². The molecule has 1 N–H and O–H groups in total. The Morgan fingerprint density at radius 3 is 2.08 bits per heavy atom. The summed E-state index contributed by atoms with van der Waals surface area (Å²) >= 11 is 0. The van der Waals surface area contributed by atoms with Gasteiger partial charge in [0.2, 0.25) is 0 Å². The van der Waals surface area contributed by atoms with E-state index in [9.17, 15) is 5.11 Å². The highest BCUT2D eigenvalue weighted by Gasteiger charge is 2.09. The van der Waals surface area contributed by atoms with E-state index in [1.54, 1.807) is 0 Å². The number of rotatable bonds is 2. The van der Waals surface area contributed by atoms with Gasteiger partial charge >= 0.3 is 0 Å². The molecule has 0 aromatic rings. The Morgan fingerprint density at radius 1 is 1.25 bits per heavy atom. The predicted molar refractivity (Wildman–Crippen MR) is 56.6 cm³/mol. The smallest absolute Gasteiger partial charge is 0.129 e. The molecule has 0 fully saturated rings. The highest BCUT2D eigenvalue weighted by molar-refractivity contribution is 6.83. The van der Waals surface area contributed by atoms with Crippen molar-refractivity contribution in [2.45, 2.75) is 46.0 Å². The van der Waals surface area contributed by atoms with Crippen molar-refractivity contribution in [1.29, 1.82) is 0 Å². The van der Waals surface area contributed by atoms with Gasteiger partial charge in [-0.15, -0.1) is 11.5 Å². The topological polar surface area (TPSA) is 20.2 Å². The van der Waals surface area contributed by atoms with Gasteiger partial charge in [0, 0.05) is 6.42 Å². The van der Waals surface area contributed by atoms with E-state index in [4.69, 9.17) is 0 Å². The van der Waals surface area contributed by atoms with Gasteiger partial charge in [-0.3, -0.25) is 0 Å². The first kappa shape index (κ1) is 11.7. The molecule has 0 aromatic carbocycles. The summed E-state index contributed by atoms with van der Waals surface area (Å²) < 4.78 is 0. The van der Waals surface area contributed by atoms with Crippen LogP contribution in [0.3, 0.4) is 0 Å². The number of hydrogen-bond acceptors (Lipinski definition) is 1. The lowest BCUT2D eigenvalue weighted by Crippen LogP contribution is -2.18. The zero-order valence-corrected chi connectivity index (χ0v) is 9.81. The lowest BCUT2D eigenvalue weighted by atomic mass is 10.1. The third-order valence-electron chi connectivity index (χ3n) is 1.54. The van der Waals surface area contributed by atoms with Crippen molar-refractivity contribution >= 4 is 8.07 Å². The van der Waals surface area contributed by atoms with Gasteiger partial charge in [0.15, 0.2) is 0 Å². The first-order valence-electron chi connectivity index (χ1n) is 4.51. The van der Waals surface area contributed by atoms with Crippen molar-refractivity contribution in [2.75, 3.05) is 0 Å². The van der Waals surface area contributed by atoms with E-state index in [1.165, 1.54) is 0 Å². The third-order valence-corrected chi connectivity index (χ3v) is 2.47. The van der Waals surface area contributed by atoms with Crippen molar-refractivity contribution in [3.63, 3.8) is 0 Å². The molecular formula is C10H20OSi. The fourth-order valence-electron chi connectivity index (χ4n) is 0.656. The minimum Gasteiger partial charge on any atom is -0.392 e. The van der Waals surface area contributed by atoms with Crippen LogP contribution in [-0.4, -0.2) is 19.3 Å². The minimum absolute atomic E-state index is 0.256. The zero-order chi connectivity index (χ0) is 9.78. The lowest BCUT2D eigenvalue weighted by Gasteiger charge is -2.10. The van der Waals surface area contributed by atoms with Crippen molar-refractivity contribution in [3.05, 3.63) is 0 Å². The molecule has 1 atom stereocenters. The molecule has 0 aromatic heterocycles. The van der Waals surface area contributed by atoms with Crippen molar-refractivity contribution < 1.29 is 5.11 Å². The zero-order valence-electron chi connectivity index (χ0n) is 8.81. The molecular weight excluding hydrogens is 164 g/mol. The Kier molecular flexibility index (Phi) is 4.58. The summed E-state index contributed by atoms with van der Waals surface area (Å²) in [6.45, 7) is 10.7. The number of aliphatic hydroxyl groups is 1. The van der Waals surface area contributed by atoms with Gasteiger partial charge in [0.1, 0.15) is 8.07 Å². The van der Waals surface area contributed by atoms with E-state index in [1.807, 2.05) is 13.8 Å². The second-order valence-corrected chi connectivity index (χ2v) is 9.32. The molecule has 0 saturated heterocycles. The molecule has 0 heterocycles. The SMILES string of the molecule is CC(C)[C@H](O)CC#C[Si](C)(C)C. The van der Waals surface area contributed by atoms with Crippen LogP contribution in [0.25, 0.3) is 0 Å². The van der Waals surface area contributed by atoms with Crippen LogP contribution in [0.2, 0.25) is 19.6 Å². The van der Waals surface area contributed by atoms with Crippen LogP contribution in [0.4, 0.5) is 0 Å². The summed E-state index contributed by atoms with van der Waals surface area (Å²) in [5.74, 6) is 3.39. The fraction of sp³-hybridized carbons (Fsp3) is 0.800. The molecule has 0 amide bonds. The third kappa shape index (κ3) is 6.45. The second-order valence-electron chi connectivity index (χ2n) is 4.57. The van der Waals surface area contributed by atoms with Crippen LogP contribution in [0.5, 0.6) is 0 Å². The van der Waals surface area contributed by atoms with E-state index in [0.29, 0.717) is 12.3 Å². The lowest BCUT2D eigenvalue weighted by molar-refractivity contribution is 0.130. The normalized spacial score (nSPS) is 13.9. The summed E-state index contributed by atoms with van der Waals surface area (Å²) in [6.07, 6.45) is 0.371. The molecule has 0 aliphatic carbocycles. The summed E-state index contributed by atoms with van der Waals surface area (Å²) in [5, 5.41) is 9.44. The van der Waals surface area contributed by atoms with Gasteiger partial charge in [0.05, 0.1) is 6.10 Å². The van der Waals surface area contributed by atoms with Gasteiger partial charge in [-0.2, -0.15) is 0 Å². The van der Waals surface area contributed by atoms with Crippen LogP contribution in [0.15, 0.2) is 0 Å². The molecule has 0 spiro atoms. The second kappa shape index (κ2) is 4.69. The van der Waals surface area contributed by atoms with Crippen molar-refractivity contribution in [2.24, 2.45) is 5.92 Å². The van der Waals surface area contributed by atoms with Gasteiger partial charge in [-0.05, 0) is 5.92 Å². The van der Waals surface area contributed by atoms with E-state index in [2.05, 4.69) is 31.1 Å². The maximum absolute atomic E-state index is 9.44. The summed E-state index contributed by atoms with van der Waals surface area (Å²) in [5.41, 5.74) is 3.24. The predicted octanol–water partition coefficient (Wildman–Crippen LogP) is 2.27. The molecule has 0 aliphatic heterocycles. The Bertz CT molecular complexity index is 180. The Morgan fingerprint density at radius 2 is 1.75 bits per heavy atom. The van der Waals surface area contributed by atoms with Crippen LogP contribution in [0.1, 0.15) is 20.3 Å². The fourth-order valence-corrected chi connectivity index (χ4v) is 1.29. The summed E-state index contributed by atoms with van der Waals surface area (Å²) in [6, 6.07) is 0. The Labute approximate surface area is 77.2 Å². The van der Waals surface area contributed by atoms with E-state index < -0.39 is 8.07 Å². The molecule has 0 rings (SSSR count). The Hall–Kier alpha value is -0.263. The number of hydrogen-bond donors (Lipinski definition) is 1. The van der Waals surface area contributed by atoms with Gasteiger partial charge < -0.3 is 5.11 Å². The van der Waals surface area contributed by atoms with E-state index >= 15 is 0 Å². The van der Waals surface area contributed by atoms with Crippen LogP contribution in [0, 0.1) is 17.4 Å². The Balaban J connectivity index is 3.87. The average Bonchev–Trinajstić information content (AvgIpc) is 1.84. The maximum atomic E-state index is 9.44. The summed E-state index contributed by atoms with van der Waals surface area (Å²) in [7, 11) is -1.23. The van der Waals surface area contributed by atoms with E-state index in [0.717, 1.165) is 0 Å². The first-order chi connectivity index (χ1) is 5.33. The molecule has 1 nitrogen and oxygen atoms in total. The van der Waals surface area contributed by atoms with Crippen LogP contribution >= 0.6 is 0 Å². The van der Waals surface area contributed by atoms with Gasteiger partial charge in [0.25, 0.3) is 0 Å². The van der Waals surface area contributed by atoms with Crippen molar-refractivity contribution in [1.82, 2.24) is 0 Å². The highest BCUT2D eigenvalue weighted by Crippen LogP contribution is 2.04. The highest BCUT2D eigenvalue weighted by atomic mass is 28.3. The molecule has 0 radical (unpaired) electrons. The molecule has 0 unspecified atom stereocenters. The largest absolute Gasteiger partial charge is 0.392 e.